The number of benzene rings is 3. The highest BCUT2D eigenvalue weighted by molar-refractivity contribution is 5.62. The third-order valence-electron chi connectivity index (χ3n) is 6.66. The van der Waals surface area contributed by atoms with E-state index in [1.807, 2.05) is 12.1 Å². The standard InChI is InChI=1S/C26H28N2O2/c1-29-23-13-9-21(10-14-23)27-18-26(17-5-7-20-6-3-4-8-25(20)26)28(19-27)22-11-15-24(30-2)16-12-22/h3-4,6,8-16H,5,7,17-19H2,1-2H3. The van der Waals surface area contributed by atoms with E-state index >= 15 is 0 Å². The van der Waals surface area contributed by atoms with Crippen LogP contribution in [-0.4, -0.2) is 27.4 Å². The van der Waals surface area contributed by atoms with E-state index in [1.165, 1.54) is 28.9 Å². The zero-order chi connectivity index (χ0) is 20.6. The molecule has 3 aromatic carbocycles. The van der Waals surface area contributed by atoms with Crippen molar-refractivity contribution < 1.29 is 9.47 Å². The summed E-state index contributed by atoms with van der Waals surface area (Å²) in [5.41, 5.74) is 5.41. The van der Waals surface area contributed by atoms with Crippen LogP contribution in [0.15, 0.2) is 72.8 Å². The van der Waals surface area contributed by atoms with Crippen LogP contribution < -0.4 is 19.3 Å². The minimum atomic E-state index is -0.0244. The Morgan fingerprint density at radius 2 is 1.40 bits per heavy atom. The molecule has 30 heavy (non-hydrogen) atoms. The molecule has 3 aromatic rings. The quantitative estimate of drug-likeness (QED) is 0.599. The topological polar surface area (TPSA) is 24.9 Å². The first-order chi connectivity index (χ1) is 14.7. The van der Waals surface area contributed by atoms with Crippen LogP contribution in [0.25, 0.3) is 0 Å². The van der Waals surface area contributed by atoms with Crippen molar-refractivity contribution in [2.45, 2.75) is 24.8 Å². The molecule has 0 amide bonds. The number of fused-ring (bicyclic) bond motifs is 2. The normalized spacial score (nSPS) is 20.3. The molecule has 1 spiro atoms. The van der Waals surface area contributed by atoms with Crippen LogP contribution in [0.3, 0.4) is 0 Å². The van der Waals surface area contributed by atoms with Crippen molar-refractivity contribution >= 4 is 11.4 Å². The van der Waals surface area contributed by atoms with Crippen molar-refractivity contribution in [3.63, 3.8) is 0 Å². The van der Waals surface area contributed by atoms with Gasteiger partial charge in [0.05, 0.1) is 26.4 Å². The van der Waals surface area contributed by atoms with Gasteiger partial charge in [0.1, 0.15) is 11.5 Å². The second-order valence-corrected chi connectivity index (χ2v) is 8.21. The molecular weight excluding hydrogens is 372 g/mol. The lowest BCUT2D eigenvalue weighted by atomic mass is 9.75. The zero-order valence-corrected chi connectivity index (χ0v) is 17.7. The number of anilines is 2. The number of hydrogen-bond acceptors (Lipinski definition) is 4. The van der Waals surface area contributed by atoms with E-state index < -0.39 is 0 Å². The molecule has 5 rings (SSSR count). The van der Waals surface area contributed by atoms with E-state index in [1.54, 1.807) is 14.2 Å². The second kappa shape index (κ2) is 7.60. The smallest absolute Gasteiger partial charge is 0.119 e. The lowest BCUT2D eigenvalue weighted by molar-refractivity contribution is 0.396. The van der Waals surface area contributed by atoms with Gasteiger partial charge in [-0.3, -0.25) is 0 Å². The fourth-order valence-electron chi connectivity index (χ4n) is 5.16. The minimum absolute atomic E-state index is 0.0244. The molecule has 1 atom stereocenters. The molecule has 0 radical (unpaired) electrons. The third kappa shape index (κ3) is 3.07. The second-order valence-electron chi connectivity index (χ2n) is 8.21. The number of nitrogens with zero attached hydrogens (tertiary/aromatic N) is 2. The van der Waals surface area contributed by atoms with Crippen molar-refractivity contribution in [1.29, 1.82) is 0 Å². The van der Waals surface area contributed by atoms with Crippen LogP contribution in [0, 0.1) is 0 Å². The van der Waals surface area contributed by atoms with E-state index in [-0.39, 0.29) is 5.54 Å². The van der Waals surface area contributed by atoms with Gasteiger partial charge in [0.15, 0.2) is 0 Å². The van der Waals surface area contributed by atoms with Gasteiger partial charge in [0.25, 0.3) is 0 Å². The molecule has 1 unspecified atom stereocenters. The van der Waals surface area contributed by atoms with Crippen molar-refractivity contribution in [1.82, 2.24) is 0 Å². The van der Waals surface area contributed by atoms with Crippen LogP contribution in [-0.2, 0) is 12.0 Å². The van der Waals surface area contributed by atoms with Gasteiger partial charge >= 0.3 is 0 Å². The van der Waals surface area contributed by atoms with Crippen LogP contribution in [0.1, 0.15) is 24.0 Å². The van der Waals surface area contributed by atoms with Gasteiger partial charge in [-0.05, 0) is 78.9 Å². The van der Waals surface area contributed by atoms with Gasteiger partial charge in [-0.15, -0.1) is 0 Å². The molecule has 0 aromatic heterocycles. The molecule has 2 aliphatic rings. The average molecular weight is 401 g/mol. The Balaban J connectivity index is 1.58. The van der Waals surface area contributed by atoms with Gasteiger partial charge < -0.3 is 19.3 Å². The Morgan fingerprint density at radius 1 is 0.767 bits per heavy atom. The predicted molar refractivity (Wildman–Crippen MR) is 122 cm³/mol. The highest BCUT2D eigenvalue weighted by Gasteiger charge is 2.48. The van der Waals surface area contributed by atoms with Crippen LogP contribution >= 0.6 is 0 Å². The van der Waals surface area contributed by atoms with Crippen LogP contribution in [0.2, 0.25) is 0 Å². The lowest BCUT2D eigenvalue weighted by Gasteiger charge is -2.43. The summed E-state index contributed by atoms with van der Waals surface area (Å²) in [5.74, 6) is 1.78. The van der Waals surface area contributed by atoms with E-state index in [2.05, 4.69) is 70.5 Å². The van der Waals surface area contributed by atoms with Crippen molar-refractivity contribution in [3.05, 3.63) is 83.9 Å². The number of aryl methyl sites for hydroxylation is 1. The molecule has 1 aliphatic heterocycles. The van der Waals surface area contributed by atoms with Crippen LogP contribution in [0.4, 0.5) is 11.4 Å². The maximum absolute atomic E-state index is 5.40. The Kier molecular flexibility index (Phi) is 4.78. The van der Waals surface area contributed by atoms with E-state index in [4.69, 9.17) is 9.47 Å². The largest absolute Gasteiger partial charge is 0.497 e. The maximum atomic E-state index is 5.40. The summed E-state index contributed by atoms with van der Waals surface area (Å²) >= 11 is 0. The fourth-order valence-corrected chi connectivity index (χ4v) is 5.16. The van der Waals surface area contributed by atoms with E-state index in [9.17, 15) is 0 Å². The summed E-state index contributed by atoms with van der Waals surface area (Å²) < 4.78 is 10.8. The Bertz CT molecular complexity index is 1020. The summed E-state index contributed by atoms with van der Waals surface area (Å²) in [6.45, 7) is 1.83. The van der Waals surface area contributed by atoms with Gasteiger partial charge in [0, 0.05) is 17.9 Å². The average Bonchev–Trinajstić information content (AvgIpc) is 3.19. The number of hydrogen-bond donors (Lipinski definition) is 0. The summed E-state index contributed by atoms with van der Waals surface area (Å²) in [7, 11) is 3.43. The molecule has 1 heterocycles. The molecule has 0 bridgehead atoms. The Labute approximate surface area is 178 Å². The van der Waals surface area contributed by atoms with Gasteiger partial charge in [-0.25, -0.2) is 0 Å². The van der Waals surface area contributed by atoms with Crippen molar-refractivity contribution in [2.24, 2.45) is 0 Å². The monoisotopic (exact) mass is 400 g/mol. The highest BCUT2D eigenvalue weighted by atomic mass is 16.5. The number of ether oxygens (including phenoxy) is 2. The Morgan fingerprint density at radius 3 is 2.07 bits per heavy atom. The molecule has 0 N–H and O–H groups in total. The summed E-state index contributed by atoms with van der Waals surface area (Å²) in [5, 5.41) is 0. The number of rotatable bonds is 4. The molecule has 1 aliphatic carbocycles. The molecule has 4 nitrogen and oxygen atoms in total. The van der Waals surface area contributed by atoms with E-state index in [0.29, 0.717) is 0 Å². The first kappa shape index (κ1) is 18.9. The lowest BCUT2D eigenvalue weighted by Crippen LogP contribution is -2.46. The molecule has 0 saturated carbocycles. The van der Waals surface area contributed by atoms with Gasteiger partial charge in [-0.1, -0.05) is 24.3 Å². The van der Waals surface area contributed by atoms with Gasteiger partial charge in [-0.2, -0.15) is 0 Å². The molecule has 154 valence electrons. The third-order valence-corrected chi connectivity index (χ3v) is 6.66. The van der Waals surface area contributed by atoms with Crippen LogP contribution in [0.5, 0.6) is 11.5 Å². The maximum Gasteiger partial charge on any atom is 0.119 e. The highest BCUT2D eigenvalue weighted by Crippen LogP contribution is 2.47. The first-order valence-electron chi connectivity index (χ1n) is 10.6. The zero-order valence-electron chi connectivity index (χ0n) is 17.7. The summed E-state index contributed by atoms with van der Waals surface area (Å²) in [4.78, 5) is 5.08. The minimum Gasteiger partial charge on any atom is -0.497 e. The molecular formula is C26H28N2O2. The SMILES string of the molecule is COc1ccc(N2CN(c3ccc(OC)cc3)C3(CCCc4ccccc43)C2)cc1. The van der Waals surface area contributed by atoms with E-state index in [0.717, 1.165) is 37.6 Å². The summed E-state index contributed by atoms with van der Waals surface area (Å²) in [6.07, 6.45) is 3.53. The van der Waals surface area contributed by atoms with Crippen molar-refractivity contribution in [3.8, 4) is 11.5 Å². The number of methoxy groups -OCH3 is 2. The Hall–Kier alpha value is -3.14. The molecule has 1 fully saturated rings. The summed E-state index contributed by atoms with van der Waals surface area (Å²) in [6, 6.07) is 25.9. The fraction of sp³-hybridized carbons (Fsp3) is 0.308. The van der Waals surface area contributed by atoms with Gasteiger partial charge in [0.2, 0.25) is 0 Å². The predicted octanol–water partition coefficient (Wildman–Crippen LogP) is 5.22. The van der Waals surface area contributed by atoms with Crippen molar-refractivity contribution in [2.75, 3.05) is 37.2 Å². The first-order valence-corrected chi connectivity index (χ1v) is 10.6. The molecule has 4 heteroatoms. The molecule has 1 saturated heterocycles.